The van der Waals surface area contributed by atoms with Crippen LogP contribution >= 0.6 is 0 Å². The zero-order chi connectivity index (χ0) is 12.7. The lowest BCUT2D eigenvalue weighted by molar-refractivity contribution is 0.120. The van der Waals surface area contributed by atoms with Gasteiger partial charge in [-0.15, -0.1) is 0 Å². The molecule has 4 saturated carbocycles. The number of rotatable bonds is 0. The van der Waals surface area contributed by atoms with Gasteiger partial charge < -0.3 is 0 Å². The largest absolute Gasteiger partial charge is 0.0530 e. The molecule has 4 aliphatic carbocycles. The van der Waals surface area contributed by atoms with Crippen LogP contribution in [0.3, 0.4) is 0 Å². The van der Waals surface area contributed by atoms with Crippen molar-refractivity contribution in [3.63, 3.8) is 0 Å². The zero-order valence-electron chi connectivity index (χ0n) is 12.7. The van der Waals surface area contributed by atoms with Crippen molar-refractivity contribution < 1.29 is 0 Å². The van der Waals surface area contributed by atoms with Crippen LogP contribution in [0.2, 0.25) is 0 Å². The van der Waals surface area contributed by atoms with Crippen molar-refractivity contribution in [1.29, 1.82) is 0 Å². The van der Waals surface area contributed by atoms with Crippen LogP contribution in [0.15, 0.2) is 0 Å². The Bertz CT molecular complexity index is 277. The van der Waals surface area contributed by atoms with E-state index in [1.165, 1.54) is 0 Å². The van der Waals surface area contributed by atoms with E-state index >= 15 is 0 Å². The summed E-state index contributed by atoms with van der Waals surface area (Å²) in [5.74, 6) is 6.82. The van der Waals surface area contributed by atoms with Gasteiger partial charge in [-0.05, 0) is 67.6 Å². The Balaban J connectivity index is 1.69. The third-order valence-corrected chi connectivity index (χ3v) is 7.57. The zero-order valence-corrected chi connectivity index (χ0v) is 12.7. The minimum atomic E-state index is 1.13. The summed E-state index contributed by atoms with van der Waals surface area (Å²) in [5, 5.41) is 0. The lowest BCUT2D eigenvalue weighted by atomic mass is 9.67. The second-order valence-electron chi connectivity index (χ2n) is 8.33. The van der Waals surface area contributed by atoms with Crippen LogP contribution in [0, 0.1) is 35.5 Å². The Morgan fingerprint density at radius 1 is 0.368 bits per heavy atom. The monoisotopic (exact) mass is 260 g/mol. The highest BCUT2D eigenvalue weighted by molar-refractivity contribution is 4.93. The molecule has 0 aromatic heterocycles. The summed E-state index contributed by atoms with van der Waals surface area (Å²) in [4.78, 5) is 0. The summed E-state index contributed by atoms with van der Waals surface area (Å²) in [6.45, 7) is 0. The van der Waals surface area contributed by atoms with Gasteiger partial charge in [0.2, 0.25) is 0 Å². The lowest BCUT2D eigenvalue weighted by Gasteiger charge is -2.39. The van der Waals surface area contributed by atoms with Gasteiger partial charge >= 0.3 is 0 Å². The van der Waals surface area contributed by atoms with Crippen molar-refractivity contribution in [3.8, 4) is 0 Å². The molecule has 0 radical (unpaired) electrons. The second kappa shape index (κ2) is 5.41. The number of hydrogen-bond donors (Lipinski definition) is 0. The predicted molar refractivity (Wildman–Crippen MR) is 81.0 cm³/mol. The Kier molecular flexibility index (Phi) is 3.62. The van der Waals surface area contributed by atoms with Gasteiger partial charge in [-0.3, -0.25) is 0 Å². The van der Waals surface area contributed by atoms with E-state index in [9.17, 15) is 0 Å². The maximum absolute atomic E-state index is 1.64. The summed E-state index contributed by atoms with van der Waals surface area (Å²) in [6.07, 6.45) is 20.7. The fourth-order valence-electron chi connectivity index (χ4n) is 6.70. The Labute approximate surface area is 119 Å². The Morgan fingerprint density at radius 2 is 0.789 bits per heavy atom. The molecule has 4 rings (SSSR count). The molecule has 0 nitrogen and oxygen atoms in total. The van der Waals surface area contributed by atoms with Gasteiger partial charge in [0.25, 0.3) is 0 Å². The van der Waals surface area contributed by atoms with E-state index in [1.807, 2.05) is 0 Å². The second-order valence-corrected chi connectivity index (χ2v) is 8.33. The van der Waals surface area contributed by atoms with Gasteiger partial charge in [-0.2, -0.15) is 0 Å². The molecule has 6 atom stereocenters. The smallest absolute Gasteiger partial charge is 0.0357 e. The SMILES string of the molecule is C1CCC2CCC(C1)C1CCC2C2CCCCC1C2. The molecule has 19 heavy (non-hydrogen) atoms. The number of fused-ring (bicyclic) bond motifs is 12. The van der Waals surface area contributed by atoms with Gasteiger partial charge in [0.15, 0.2) is 0 Å². The molecular formula is C19H32. The van der Waals surface area contributed by atoms with Crippen molar-refractivity contribution in [2.75, 3.05) is 0 Å². The highest BCUT2D eigenvalue weighted by atomic mass is 14.5. The molecule has 6 unspecified atom stereocenters. The molecule has 0 spiro atoms. The molecule has 0 amide bonds. The summed E-state index contributed by atoms with van der Waals surface area (Å²) in [7, 11) is 0. The molecule has 4 fully saturated rings. The van der Waals surface area contributed by atoms with Gasteiger partial charge in [-0.1, -0.05) is 51.4 Å². The molecule has 0 heteroatoms. The Morgan fingerprint density at radius 3 is 1.26 bits per heavy atom. The first-order valence-corrected chi connectivity index (χ1v) is 9.42. The topological polar surface area (TPSA) is 0 Å². The molecule has 0 saturated heterocycles. The van der Waals surface area contributed by atoms with Crippen LogP contribution in [-0.4, -0.2) is 0 Å². The van der Waals surface area contributed by atoms with Crippen molar-refractivity contribution in [3.05, 3.63) is 0 Å². The van der Waals surface area contributed by atoms with Crippen molar-refractivity contribution in [2.45, 2.75) is 83.5 Å². The highest BCUT2D eigenvalue weighted by Gasteiger charge is 2.42. The first kappa shape index (κ1) is 12.7. The van der Waals surface area contributed by atoms with Gasteiger partial charge in [0.1, 0.15) is 0 Å². The third-order valence-electron chi connectivity index (χ3n) is 7.57. The summed E-state index contributed by atoms with van der Waals surface area (Å²) in [5.41, 5.74) is 0. The van der Waals surface area contributed by atoms with Crippen LogP contribution in [0.1, 0.15) is 83.5 Å². The van der Waals surface area contributed by atoms with Crippen LogP contribution in [0.4, 0.5) is 0 Å². The van der Waals surface area contributed by atoms with E-state index in [1.54, 1.807) is 83.5 Å². The van der Waals surface area contributed by atoms with Gasteiger partial charge in [-0.25, -0.2) is 0 Å². The van der Waals surface area contributed by atoms with E-state index in [4.69, 9.17) is 0 Å². The maximum atomic E-state index is 1.64. The van der Waals surface area contributed by atoms with Crippen LogP contribution < -0.4 is 0 Å². The van der Waals surface area contributed by atoms with Gasteiger partial charge in [0, 0.05) is 0 Å². The van der Waals surface area contributed by atoms with Crippen LogP contribution in [-0.2, 0) is 0 Å². The van der Waals surface area contributed by atoms with E-state index in [0.717, 1.165) is 35.5 Å². The average molecular weight is 260 g/mol. The molecule has 0 heterocycles. The molecule has 0 N–H and O–H groups in total. The molecule has 0 aliphatic heterocycles. The van der Waals surface area contributed by atoms with E-state index in [-0.39, 0.29) is 0 Å². The normalized spacial score (nSPS) is 50.5. The average Bonchev–Trinajstić information content (AvgIpc) is 2.70. The molecule has 6 bridgehead atoms. The van der Waals surface area contributed by atoms with Crippen molar-refractivity contribution in [1.82, 2.24) is 0 Å². The fraction of sp³-hybridized carbons (Fsp3) is 1.00. The summed E-state index contributed by atoms with van der Waals surface area (Å²) in [6, 6.07) is 0. The predicted octanol–water partition coefficient (Wildman–Crippen LogP) is 5.81. The van der Waals surface area contributed by atoms with E-state index in [0.29, 0.717) is 0 Å². The van der Waals surface area contributed by atoms with Gasteiger partial charge in [0.05, 0.1) is 0 Å². The van der Waals surface area contributed by atoms with Crippen LogP contribution in [0.25, 0.3) is 0 Å². The minimum absolute atomic E-state index is 1.13. The van der Waals surface area contributed by atoms with Crippen molar-refractivity contribution in [2.24, 2.45) is 35.5 Å². The standard InChI is InChI=1S/C19H32/c1-2-6-15-10-9-14(5-1)18-11-12-19(15)17-8-4-3-7-16(18)13-17/h14-19H,1-13H2. The summed E-state index contributed by atoms with van der Waals surface area (Å²) >= 11 is 0. The minimum Gasteiger partial charge on any atom is -0.0530 e. The molecule has 108 valence electrons. The first-order chi connectivity index (χ1) is 9.42. The Hall–Kier alpha value is 0. The maximum Gasteiger partial charge on any atom is -0.0357 e. The molecule has 4 aliphatic rings. The molecule has 0 aromatic rings. The third kappa shape index (κ3) is 2.38. The molecule has 0 aromatic carbocycles. The van der Waals surface area contributed by atoms with Crippen LogP contribution in [0.5, 0.6) is 0 Å². The first-order valence-electron chi connectivity index (χ1n) is 9.42. The number of hydrogen-bond acceptors (Lipinski definition) is 0. The van der Waals surface area contributed by atoms with E-state index < -0.39 is 0 Å². The van der Waals surface area contributed by atoms with E-state index in [2.05, 4.69) is 0 Å². The lowest BCUT2D eigenvalue weighted by Crippen LogP contribution is -2.28. The summed E-state index contributed by atoms with van der Waals surface area (Å²) < 4.78 is 0. The highest BCUT2D eigenvalue weighted by Crippen LogP contribution is 2.53. The van der Waals surface area contributed by atoms with Crippen molar-refractivity contribution >= 4 is 0 Å². The quantitative estimate of drug-likeness (QED) is 0.482. The fourth-order valence-corrected chi connectivity index (χ4v) is 6.70. The molecular weight excluding hydrogens is 228 g/mol.